The molecular formula is C24H28N4O4. The number of nitrogens with one attached hydrogen (secondary N) is 2. The molecule has 32 heavy (non-hydrogen) atoms. The third kappa shape index (κ3) is 4.98. The number of hydrogen-bond acceptors (Lipinski definition) is 6. The monoisotopic (exact) mass is 436 g/mol. The van der Waals surface area contributed by atoms with Gasteiger partial charge in [0.05, 0.1) is 12.0 Å². The lowest BCUT2D eigenvalue weighted by atomic mass is 9.87. The van der Waals surface area contributed by atoms with Crippen molar-refractivity contribution in [3.8, 4) is 5.88 Å². The molecule has 2 aliphatic heterocycles. The fourth-order valence-corrected chi connectivity index (χ4v) is 4.26. The molecule has 2 aromatic rings. The van der Waals surface area contributed by atoms with Gasteiger partial charge in [-0.15, -0.1) is 0 Å². The summed E-state index contributed by atoms with van der Waals surface area (Å²) < 4.78 is 5.97. The summed E-state index contributed by atoms with van der Waals surface area (Å²) in [5.41, 5.74) is 3.02. The van der Waals surface area contributed by atoms with Gasteiger partial charge in [0.1, 0.15) is 12.8 Å². The van der Waals surface area contributed by atoms with Gasteiger partial charge < -0.3 is 25.4 Å². The van der Waals surface area contributed by atoms with Gasteiger partial charge in [0.2, 0.25) is 17.7 Å². The highest BCUT2D eigenvalue weighted by atomic mass is 16.5. The zero-order valence-electron chi connectivity index (χ0n) is 18.0. The SMILES string of the molecule is Cc1cccc(O[C@@H]2CN[C@H](C(=O)N3CC=C(c4ccccc4)C3)[C@@H](C(=O)NCO)C2)n1. The van der Waals surface area contributed by atoms with Gasteiger partial charge in [-0.05, 0) is 30.5 Å². The standard InChI is InChI=1S/C24H28N4O4/c1-16-6-5-9-21(27-16)32-19-12-20(23(30)26-15-29)22(25-13-19)24(31)28-11-10-18(14-28)17-7-3-2-4-8-17/h2-10,19-20,22,25,29H,11-15H2,1H3,(H,26,30)/t19-,20-,22-/m0/s1. The van der Waals surface area contributed by atoms with Gasteiger partial charge in [0.25, 0.3) is 0 Å². The average molecular weight is 437 g/mol. The molecule has 168 valence electrons. The molecular weight excluding hydrogens is 408 g/mol. The second-order valence-electron chi connectivity index (χ2n) is 8.10. The Balaban J connectivity index is 1.44. The summed E-state index contributed by atoms with van der Waals surface area (Å²) in [4.78, 5) is 32.1. The first-order chi connectivity index (χ1) is 15.5. The predicted octanol–water partition coefficient (Wildman–Crippen LogP) is 1.11. The maximum Gasteiger partial charge on any atom is 0.241 e. The molecule has 3 heterocycles. The van der Waals surface area contributed by atoms with Crippen LogP contribution in [-0.4, -0.2) is 65.3 Å². The molecule has 0 unspecified atom stereocenters. The van der Waals surface area contributed by atoms with Crippen LogP contribution in [0.4, 0.5) is 0 Å². The molecule has 3 atom stereocenters. The first-order valence-electron chi connectivity index (χ1n) is 10.8. The lowest BCUT2D eigenvalue weighted by molar-refractivity contribution is -0.141. The quantitative estimate of drug-likeness (QED) is 0.586. The first kappa shape index (κ1) is 22.0. The third-order valence-corrected chi connectivity index (χ3v) is 5.87. The molecule has 0 spiro atoms. The highest BCUT2D eigenvalue weighted by Crippen LogP contribution is 2.26. The normalized spacial score (nSPS) is 22.9. The Morgan fingerprint density at radius 3 is 2.78 bits per heavy atom. The van der Waals surface area contributed by atoms with Crippen molar-refractivity contribution < 1.29 is 19.4 Å². The highest BCUT2D eigenvalue weighted by Gasteiger charge is 2.42. The Kier molecular flexibility index (Phi) is 6.82. The van der Waals surface area contributed by atoms with E-state index in [0.717, 1.165) is 16.8 Å². The number of aryl methyl sites for hydroxylation is 1. The van der Waals surface area contributed by atoms with Crippen LogP contribution in [0.5, 0.6) is 5.88 Å². The fourth-order valence-electron chi connectivity index (χ4n) is 4.26. The minimum Gasteiger partial charge on any atom is -0.473 e. The molecule has 4 rings (SSSR count). The van der Waals surface area contributed by atoms with Crippen LogP contribution < -0.4 is 15.4 Å². The topological polar surface area (TPSA) is 104 Å². The fraction of sp³-hybridized carbons (Fsp3) is 0.375. The summed E-state index contributed by atoms with van der Waals surface area (Å²) in [5.74, 6) is -0.685. The van der Waals surface area contributed by atoms with Crippen LogP contribution in [-0.2, 0) is 9.59 Å². The first-order valence-corrected chi connectivity index (χ1v) is 10.8. The molecule has 0 aliphatic carbocycles. The Hall–Kier alpha value is -3.23. The molecule has 3 N–H and O–H groups in total. The number of rotatable bonds is 6. The number of pyridine rings is 1. The van der Waals surface area contributed by atoms with Gasteiger partial charge in [0.15, 0.2) is 0 Å². The number of hydrogen-bond donors (Lipinski definition) is 3. The zero-order valence-corrected chi connectivity index (χ0v) is 18.0. The number of piperidine rings is 1. The number of aliphatic hydroxyl groups excluding tert-OH is 1. The molecule has 1 saturated heterocycles. The van der Waals surface area contributed by atoms with Gasteiger partial charge in [-0.1, -0.05) is 42.5 Å². The minimum atomic E-state index is -0.685. The molecule has 0 saturated carbocycles. The maximum absolute atomic E-state index is 13.3. The second kappa shape index (κ2) is 9.93. The van der Waals surface area contributed by atoms with Gasteiger partial charge in [-0.3, -0.25) is 9.59 Å². The Bertz CT molecular complexity index is 995. The maximum atomic E-state index is 13.3. The van der Waals surface area contributed by atoms with Crippen molar-refractivity contribution in [1.82, 2.24) is 20.5 Å². The van der Waals surface area contributed by atoms with Crippen LogP contribution in [0.25, 0.3) is 5.57 Å². The molecule has 0 bridgehead atoms. The van der Waals surface area contributed by atoms with Gasteiger partial charge in [-0.2, -0.15) is 0 Å². The van der Waals surface area contributed by atoms with E-state index in [1.54, 1.807) is 11.0 Å². The number of nitrogens with zero attached hydrogens (tertiary/aromatic N) is 2. The van der Waals surface area contributed by atoms with E-state index in [1.165, 1.54) is 0 Å². The molecule has 1 aromatic heterocycles. The van der Waals surface area contributed by atoms with E-state index < -0.39 is 18.7 Å². The van der Waals surface area contributed by atoms with Crippen molar-refractivity contribution in [2.45, 2.75) is 25.5 Å². The summed E-state index contributed by atoms with van der Waals surface area (Å²) in [6.07, 6.45) is 2.07. The average Bonchev–Trinajstić information content (AvgIpc) is 3.30. The van der Waals surface area contributed by atoms with Crippen molar-refractivity contribution in [2.75, 3.05) is 26.4 Å². The zero-order chi connectivity index (χ0) is 22.5. The highest BCUT2D eigenvalue weighted by molar-refractivity contribution is 5.92. The third-order valence-electron chi connectivity index (χ3n) is 5.87. The number of amides is 2. The number of benzene rings is 1. The van der Waals surface area contributed by atoms with Crippen molar-refractivity contribution >= 4 is 17.4 Å². The van der Waals surface area contributed by atoms with E-state index in [9.17, 15) is 14.7 Å². The smallest absolute Gasteiger partial charge is 0.241 e. The summed E-state index contributed by atoms with van der Waals surface area (Å²) >= 11 is 0. The summed E-state index contributed by atoms with van der Waals surface area (Å²) in [5, 5.41) is 14.9. The van der Waals surface area contributed by atoms with Gasteiger partial charge >= 0.3 is 0 Å². The van der Waals surface area contributed by atoms with E-state index in [1.807, 2.05) is 55.5 Å². The van der Waals surface area contributed by atoms with Crippen LogP contribution in [0.2, 0.25) is 0 Å². The van der Waals surface area contributed by atoms with Crippen molar-refractivity contribution in [3.63, 3.8) is 0 Å². The summed E-state index contributed by atoms with van der Waals surface area (Å²) in [7, 11) is 0. The molecule has 1 aromatic carbocycles. The lowest BCUT2D eigenvalue weighted by Crippen LogP contribution is -2.60. The number of aliphatic hydroxyl groups is 1. The number of ether oxygens (including phenoxy) is 1. The van der Waals surface area contributed by atoms with E-state index in [2.05, 4.69) is 15.6 Å². The van der Waals surface area contributed by atoms with Crippen LogP contribution in [0.1, 0.15) is 17.7 Å². The number of aromatic nitrogens is 1. The largest absolute Gasteiger partial charge is 0.473 e. The Morgan fingerprint density at radius 1 is 1.22 bits per heavy atom. The number of carbonyl (C=O) groups excluding carboxylic acids is 2. The van der Waals surface area contributed by atoms with E-state index >= 15 is 0 Å². The van der Waals surface area contributed by atoms with E-state index in [0.29, 0.717) is 31.9 Å². The lowest BCUT2D eigenvalue weighted by Gasteiger charge is -2.37. The van der Waals surface area contributed by atoms with Crippen molar-refractivity contribution in [3.05, 3.63) is 65.9 Å². The predicted molar refractivity (Wildman–Crippen MR) is 120 cm³/mol. The molecule has 2 aliphatic rings. The van der Waals surface area contributed by atoms with Gasteiger partial charge in [-0.25, -0.2) is 4.98 Å². The number of carbonyl (C=O) groups is 2. The van der Waals surface area contributed by atoms with Crippen LogP contribution in [0, 0.1) is 12.8 Å². The minimum absolute atomic E-state index is 0.127. The molecule has 8 nitrogen and oxygen atoms in total. The molecule has 8 heteroatoms. The molecule has 0 radical (unpaired) electrons. The Morgan fingerprint density at radius 2 is 2.03 bits per heavy atom. The van der Waals surface area contributed by atoms with Crippen molar-refractivity contribution in [1.29, 1.82) is 0 Å². The summed E-state index contributed by atoms with van der Waals surface area (Å²) in [6.45, 7) is 2.82. The Labute approximate surface area is 187 Å². The van der Waals surface area contributed by atoms with Crippen molar-refractivity contribution in [2.24, 2.45) is 5.92 Å². The van der Waals surface area contributed by atoms with E-state index in [4.69, 9.17) is 4.74 Å². The van der Waals surface area contributed by atoms with Crippen LogP contribution in [0.15, 0.2) is 54.6 Å². The van der Waals surface area contributed by atoms with Crippen LogP contribution >= 0.6 is 0 Å². The molecule has 1 fully saturated rings. The second-order valence-corrected chi connectivity index (χ2v) is 8.10. The summed E-state index contributed by atoms with van der Waals surface area (Å²) in [6, 6.07) is 14.8. The molecule has 2 amide bonds. The van der Waals surface area contributed by atoms with Crippen LogP contribution in [0.3, 0.4) is 0 Å². The van der Waals surface area contributed by atoms with Gasteiger partial charge in [0, 0.05) is 31.4 Å². The van der Waals surface area contributed by atoms with E-state index in [-0.39, 0.29) is 17.9 Å².